The van der Waals surface area contributed by atoms with E-state index in [0.717, 1.165) is 27.8 Å². The van der Waals surface area contributed by atoms with Gasteiger partial charge < -0.3 is 4.42 Å². The number of pyridine rings is 1. The van der Waals surface area contributed by atoms with Gasteiger partial charge in [-0.2, -0.15) is 0 Å². The summed E-state index contributed by atoms with van der Waals surface area (Å²) in [5, 5.41) is 4.74. The molecule has 0 N–H and O–H groups in total. The normalized spacial score (nSPS) is 11.6. The fourth-order valence-corrected chi connectivity index (χ4v) is 4.99. The minimum atomic E-state index is 0.967. The Hall–Kier alpha value is -3.91. The zero-order valence-corrected chi connectivity index (χ0v) is 18.5. The Labute approximate surface area is 187 Å². The molecule has 2 aromatic heterocycles. The fourth-order valence-electron chi connectivity index (χ4n) is 4.99. The summed E-state index contributed by atoms with van der Waals surface area (Å²) >= 11 is 0. The Balaban J connectivity index is 1.71. The van der Waals surface area contributed by atoms with Gasteiger partial charge in [0.1, 0.15) is 18.2 Å². The van der Waals surface area contributed by atoms with Crippen LogP contribution in [0, 0.1) is 13.8 Å². The highest BCUT2D eigenvalue weighted by molar-refractivity contribution is 6.18. The first-order valence-electron chi connectivity index (χ1n) is 11.0. The average molecular weight is 415 g/mol. The Morgan fingerprint density at radius 1 is 0.656 bits per heavy atom. The largest absolute Gasteiger partial charge is 0.454 e. The summed E-state index contributed by atoms with van der Waals surface area (Å²) in [6.45, 7) is 4.37. The molecule has 0 spiro atoms. The molecule has 2 heteroatoms. The van der Waals surface area contributed by atoms with Gasteiger partial charge in [0.25, 0.3) is 0 Å². The van der Waals surface area contributed by atoms with Gasteiger partial charge in [0.2, 0.25) is 5.69 Å². The third-order valence-electron chi connectivity index (χ3n) is 6.54. The molecule has 6 rings (SSSR count). The predicted molar refractivity (Wildman–Crippen MR) is 133 cm³/mol. The molecule has 2 nitrogen and oxygen atoms in total. The highest BCUT2D eigenvalue weighted by atomic mass is 16.3. The molecule has 0 amide bonds. The lowest BCUT2D eigenvalue weighted by Crippen LogP contribution is -2.30. The Kier molecular flexibility index (Phi) is 4.16. The van der Waals surface area contributed by atoms with E-state index >= 15 is 0 Å². The van der Waals surface area contributed by atoms with Gasteiger partial charge in [-0.05, 0) is 47.6 Å². The molecule has 0 radical (unpaired) electrons. The maximum Gasteiger partial charge on any atom is 0.216 e. The number of rotatable bonds is 2. The van der Waals surface area contributed by atoms with Gasteiger partial charge in [0, 0.05) is 28.3 Å². The minimum Gasteiger partial charge on any atom is -0.454 e. The van der Waals surface area contributed by atoms with E-state index in [9.17, 15) is 0 Å². The molecule has 0 fully saturated rings. The highest BCUT2D eigenvalue weighted by Crippen LogP contribution is 2.41. The van der Waals surface area contributed by atoms with Crippen LogP contribution in [0.4, 0.5) is 0 Å². The SMILES string of the molecule is Cc1cc(C)c2c(oc3c4ccccc4ccc32)c1-c1cc(-c2ccccc2)cc[n+]1C. The molecule has 4 aromatic carbocycles. The van der Waals surface area contributed by atoms with E-state index in [1.165, 1.54) is 38.4 Å². The number of aromatic nitrogens is 1. The van der Waals surface area contributed by atoms with E-state index in [2.05, 4.69) is 117 Å². The zero-order chi connectivity index (χ0) is 21.8. The standard InChI is InChI=1S/C30H24NO/c1-19-17-20(2)28(26-18-23(15-16-31(26)3)21-9-5-4-6-10-21)30-27(19)25-14-13-22-11-7-8-12-24(22)29(25)32-30/h4-18H,1-3H3/q+1. The van der Waals surface area contributed by atoms with Crippen LogP contribution in [0.3, 0.4) is 0 Å². The third-order valence-corrected chi connectivity index (χ3v) is 6.54. The van der Waals surface area contributed by atoms with Crippen molar-refractivity contribution in [1.82, 2.24) is 0 Å². The Morgan fingerprint density at radius 2 is 1.44 bits per heavy atom. The van der Waals surface area contributed by atoms with Gasteiger partial charge in [-0.3, -0.25) is 0 Å². The van der Waals surface area contributed by atoms with Crippen molar-refractivity contribution in [3.63, 3.8) is 0 Å². The van der Waals surface area contributed by atoms with Crippen molar-refractivity contribution < 1.29 is 8.98 Å². The number of benzene rings is 4. The first-order valence-corrected chi connectivity index (χ1v) is 11.0. The lowest BCUT2D eigenvalue weighted by atomic mass is 9.95. The molecule has 154 valence electrons. The van der Waals surface area contributed by atoms with Crippen LogP contribution >= 0.6 is 0 Å². The lowest BCUT2D eigenvalue weighted by Gasteiger charge is -2.09. The van der Waals surface area contributed by atoms with E-state index in [1.54, 1.807) is 0 Å². The van der Waals surface area contributed by atoms with Crippen molar-refractivity contribution >= 4 is 32.7 Å². The van der Waals surface area contributed by atoms with Crippen molar-refractivity contribution in [3.8, 4) is 22.4 Å². The van der Waals surface area contributed by atoms with E-state index in [-0.39, 0.29) is 0 Å². The summed E-state index contributed by atoms with van der Waals surface area (Å²) in [5.74, 6) is 0. The molecule has 0 saturated carbocycles. The lowest BCUT2D eigenvalue weighted by molar-refractivity contribution is -0.660. The second kappa shape index (κ2) is 7.06. The maximum atomic E-state index is 6.70. The van der Waals surface area contributed by atoms with Crippen LogP contribution in [0.1, 0.15) is 11.1 Å². The van der Waals surface area contributed by atoms with E-state index in [0.29, 0.717) is 0 Å². The Morgan fingerprint density at radius 3 is 2.28 bits per heavy atom. The van der Waals surface area contributed by atoms with Crippen LogP contribution < -0.4 is 4.57 Å². The summed E-state index contributed by atoms with van der Waals surface area (Å²) in [4.78, 5) is 0. The smallest absolute Gasteiger partial charge is 0.216 e. The van der Waals surface area contributed by atoms with Gasteiger partial charge in [0.05, 0.1) is 5.56 Å². The number of nitrogens with zero attached hydrogens (tertiary/aromatic N) is 1. The molecule has 0 atom stereocenters. The second-order valence-electron chi connectivity index (χ2n) is 8.63. The van der Waals surface area contributed by atoms with Crippen LogP contribution in [-0.4, -0.2) is 0 Å². The summed E-state index contributed by atoms with van der Waals surface area (Å²) < 4.78 is 8.89. The molecule has 0 aliphatic rings. The van der Waals surface area contributed by atoms with Gasteiger partial charge in [-0.1, -0.05) is 66.7 Å². The van der Waals surface area contributed by atoms with Gasteiger partial charge in [-0.25, -0.2) is 4.57 Å². The zero-order valence-electron chi connectivity index (χ0n) is 18.5. The number of furan rings is 1. The number of aryl methyl sites for hydroxylation is 3. The molecule has 0 saturated heterocycles. The summed E-state index contributed by atoms with van der Waals surface area (Å²) in [7, 11) is 2.10. The van der Waals surface area contributed by atoms with E-state index < -0.39 is 0 Å². The maximum absolute atomic E-state index is 6.70. The molecule has 0 aliphatic heterocycles. The van der Waals surface area contributed by atoms with Crippen LogP contribution in [-0.2, 0) is 7.05 Å². The van der Waals surface area contributed by atoms with Crippen molar-refractivity contribution in [1.29, 1.82) is 0 Å². The molecule has 32 heavy (non-hydrogen) atoms. The third kappa shape index (κ3) is 2.76. The van der Waals surface area contributed by atoms with Crippen molar-refractivity contribution in [2.75, 3.05) is 0 Å². The molecule has 0 bridgehead atoms. The first-order chi connectivity index (χ1) is 15.6. The molecule has 0 aliphatic carbocycles. The summed E-state index contributed by atoms with van der Waals surface area (Å²) in [6, 6.07) is 30.1. The predicted octanol–water partition coefficient (Wildman–Crippen LogP) is 7.51. The molecule has 6 aromatic rings. The van der Waals surface area contributed by atoms with E-state index in [1.807, 2.05) is 0 Å². The molecule has 2 heterocycles. The van der Waals surface area contributed by atoms with Crippen LogP contribution in [0.2, 0.25) is 0 Å². The topological polar surface area (TPSA) is 17.0 Å². The van der Waals surface area contributed by atoms with E-state index in [4.69, 9.17) is 4.42 Å². The Bertz CT molecular complexity index is 1640. The van der Waals surface area contributed by atoms with Gasteiger partial charge >= 0.3 is 0 Å². The van der Waals surface area contributed by atoms with Crippen LogP contribution in [0.15, 0.2) is 95.5 Å². The fraction of sp³-hybridized carbons (Fsp3) is 0.100. The average Bonchev–Trinajstić information content (AvgIpc) is 3.21. The number of hydrogen-bond donors (Lipinski definition) is 0. The highest BCUT2D eigenvalue weighted by Gasteiger charge is 2.23. The number of fused-ring (bicyclic) bond motifs is 5. The van der Waals surface area contributed by atoms with Gasteiger partial charge in [-0.15, -0.1) is 0 Å². The first kappa shape index (κ1) is 18.8. The summed E-state index contributed by atoms with van der Waals surface area (Å²) in [6.07, 6.45) is 2.14. The van der Waals surface area contributed by atoms with Crippen LogP contribution in [0.5, 0.6) is 0 Å². The monoisotopic (exact) mass is 414 g/mol. The van der Waals surface area contributed by atoms with Crippen LogP contribution in [0.25, 0.3) is 55.1 Å². The number of hydrogen-bond acceptors (Lipinski definition) is 1. The van der Waals surface area contributed by atoms with Crippen molar-refractivity contribution in [2.45, 2.75) is 13.8 Å². The molecular weight excluding hydrogens is 390 g/mol. The summed E-state index contributed by atoms with van der Waals surface area (Å²) in [5.41, 5.74) is 9.13. The molecule has 0 unspecified atom stereocenters. The van der Waals surface area contributed by atoms with Gasteiger partial charge in [0.15, 0.2) is 6.20 Å². The minimum absolute atomic E-state index is 0.967. The van der Waals surface area contributed by atoms with Crippen molar-refractivity contribution in [3.05, 3.63) is 102 Å². The molecular formula is C30H24NO+. The second-order valence-corrected chi connectivity index (χ2v) is 8.63. The quantitative estimate of drug-likeness (QED) is 0.268. The van der Waals surface area contributed by atoms with Crippen molar-refractivity contribution in [2.24, 2.45) is 7.05 Å².